The molecule has 0 atom stereocenters. The van der Waals surface area contributed by atoms with Crippen molar-refractivity contribution in [2.24, 2.45) is 0 Å². The Kier molecular flexibility index (Phi) is 6.90. The lowest BCUT2D eigenvalue weighted by Crippen LogP contribution is -2.20. The summed E-state index contributed by atoms with van der Waals surface area (Å²) in [5.74, 6) is -7.73. The van der Waals surface area contributed by atoms with E-state index in [1.54, 1.807) is 0 Å². The third kappa shape index (κ3) is 5.47. The van der Waals surface area contributed by atoms with Crippen LogP contribution in [0.4, 0.5) is 39.5 Å². The fourth-order valence-corrected chi connectivity index (χ4v) is 3.56. The molecule has 0 aliphatic heterocycles. The fraction of sp³-hybridized carbons (Fsp3) is 0.130. The van der Waals surface area contributed by atoms with Gasteiger partial charge in [0.2, 0.25) is 0 Å². The Morgan fingerprint density at radius 2 is 1.11 bits per heavy atom. The summed E-state index contributed by atoms with van der Waals surface area (Å²) in [5, 5.41) is 18.6. The standard InChI is InChI=1S/C23H11F9O5/c24-21(25,26)12-7-9-13(16(20(35)36)15(12)19(33)34)37-14-8-6-11(10-4-2-1-3-5-10)17(22(27,28)29)18(14)23(30,31)32/h1-9H,(H,33,34)(H,35,36). The molecule has 196 valence electrons. The number of hydrogen-bond donors (Lipinski definition) is 2. The molecule has 0 saturated heterocycles. The molecule has 3 aromatic carbocycles. The van der Waals surface area contributed by atoms with Crippen molar-refractivity contribution in [3.63, 3.8) is 0 Å². The van der Waals surface area contributed by atoms with E-state index in [1.807, 2.05) is 0 Å². The number of carboxylic acid groups (broad SMARTS) is 2. The molecule has 0 aliphatic rings. The van der Waals surface area contributed by atoms with Crippen molar-refractivity contribution in [1.82, 2.24) is 0 Å². The van der Waals surface area contributed by atoms with E-state index in [2.05, 4.69) is 0 Å². The molecule has 0 fully saturated rings. The highest BCUT2D eigenvalue weighted by molar-refractivity contribution is 6.05. The zero-order chi connectivity index (χ0) is 27.9. The molecule has 3 rings (SSSR count). The van der Waals surface area contributed by atoms with E-state index in [1.165, 1.54) is 18.2 Å². The monoisotopic (exact) mass is 538 g/mol. The first kappa shape index (κ1) is 27.4. The molecule has 0 heterocycles. The SMILES string of the molecule is O=C(O)c1c(Oc2ccc(-c3ccccc3)c(C(F)(F)F)c2C(F)(F)F)ccc(C(F)(F)F)c1C(=O)O. The molecule has 0 amide bonds. The summed E-state index contributed by atoms with van der Waals surface area (Å²) in [4.78, 5) is 23.1. The van der Waals surface area contributed by atoms with Gasteiger partial charge in [-0.05, 0) is 29.3 Å². The highest BCUT2D eigenvalue weighted by Crippen LogP contribution is 2.50. The third-order valence-electron chi connectivity index (χ3n) is 4.94. The van der Waals surface area contributed by atoms with Gasteiger partial charge in [0.15, 0.2) is 0 Å². The van der Waals surface area contributed by atoms with Gasteiger partial charge in [-0.1, -0.05) is 36.4 Å². The van der Waals surface area contributed by atoms with Crippen molar-refractivity contribution in [2.45, 2.75) is 18.5 Å². The van der Waals surface area contributed by atoms with Crippen LogP contribution in [0.15, 0.2) is 54.6 Å². The quantitative estimate of drug-likeness (QED) is 0.327. The Hall–Kier alpha value is -4.23. The summed E-state index contributed by atoms with van der Waals surface area (Å²) >= 11 is 0. The maximum atomic E-state index is 14.0. The van der Waals surface area contributed by atoms with Gasteiger partial charge in [0.25, 0.3) is 0 Å². The number of carboxylic acids is 2. The minimum absolute atomic E-state index is 0.0293. The first-order valence-corrected chi connectivity index (χ1v) is 9.70. The van der Waals surface area contributed by atoms with E-state index in [9.17, 15) is 59.3 Å². The van der Waals surface area contributed by atoms with Crippen LogP contribution in [0.5, 0.6) is 11.5 Å². The van der Waals surface area contributed by atoms with E-state index < -0.39 is 75.3 Å². The van der Waals surface area contributed by atoms with Gasteiger partial charge in [-0.25, -0.2) is 9.59 Å². The van der Waals surface area contributed by atoms with Gasteiger partial charge in [-0.2, -0.15) is 39.5 Å². The van der Waals surface area contributed by atoms with E-state index in [4.69, 9.17) is 4.74 Å². The predicted molar refractivity (Wildman–Crippen MR) is 107 cm³/mol. The topological polar surface area (TPSA) is 83.8 Å². The Balaban J connectivity index is 2.37. The highest BCUT2D eigenvalue weighted by Gasteiger charge is 2.48. The van der Waals surface area contributed by atoms with Crippen molar-refractivity contribution in [3.05, 3.63) is 82.4 Å². The Bertz CT molecular complexity index is 1360. The second-order valence-corrected chi connectivity index (χ2v) is 7.29. The Morgan fingerprint density at radius 1 is 0.595 bits per heavy atom. The van der Waals surface area contributed by atoms with Gasteiger partial charge in [-0.3, -0.25) is 0 Å². The van der Waals surface area contributed by atoms with Gasteiger partial charge >= 0.3 is 30.5 Å². The predicted octanol–water partition coefficient (Wildman–Crippen LogP) is 7.60. The zero-order valence-corrected chi connectivity index (χ0v) is 17.7. The number of alkyl halides is 9. The van der Waals surface area contributed by atoms with Crippen molar-refractivity contribution in [1.29, 1.82) is 0 Å². The molecule has 0 saturated carbocycles. The lowest BCUT2D eigenvalue weighted by Gasteiger charge is -2.23. The maximum absolute atomic E-state index is 14.0. The van der Waals surface area contributed by atoms with Crippen LogP contribution < -0.4 is 4.74 Å². The Morgan fingerprint density at radius 3 is 1.57 bits per heavy atom. The van der Waals surface area contributed by atoms with Crippen molar-refractivity contribution >= 4 is 11.9 Å². The maximum Gasteiger partial charge on any atom is 0.420 e. The summed E-state index contributed by atoms with van der Waals surface area (Å²) in [5.41, 5.74) is -11.3. The summed E-state index contributed by atoms with van der Waals surface area (Å²) < 4.78 is 128. The average Bonchev–Trinajstić information content (AvgIpc) is 2.76. The molecule has 37 heavy (non-hydrogen) atoms. The Labute approximate surface area is 200 Å². The molecule has 5 nitrogen and oxygen atoms in total. The molecule has 0 unspecified atom stereocenters. The van der Waals surface area contributed by atoms with Gasteiger partial charge in [0, 0.05) is 0 Å². The molecule has 2 N–H and O–H groups in total. The van der Waals surface area contributed by atoms with Crippen LogP contribution in [-0.4, -0.2) is 22.2 Å². The van der Waals surface area contributed by atoms with Crippen LogP contribution in [-0.2, 0) is 18.5 Å². The molecule has 0 aromatic heterocycles. The number of ether oxygens (including phenoxy) is 1. The number of hydrogen-bond acceptors (Lipinski definition) is 3. The average molecular weight is 538 g/mol. The van der Waals surface area contributed by atoms with Crippen LogP contribution in [0.25, 0.3) is 11.1 Å². The van der Waals surface area contributed by atoms with Crippen molar-refractivity contribution < 1.29 is 64.1 Å². The largest absolute Gasteiger partial charge is 0.478 e. The first-order valence-electron chi connectivity index (χ1n) is 9.70. The molecule has 3 aromatic rings. The van der Waals surface area contributed by atoms with Gasteiger partial charge in [0.05, 0.1) is 16.7 Å². The van der Waals surface area contributed by atoms with Crippen LogP contribution in [0, 0.1) is 0 Å². The summed E-state index contributed by atoms with van der Waals surface area (Å²) in [7, 11) is 0. The summed E-state index contributed by atoms with van der Waals surface area (Å²) in [6.07, 6.45) is -16.8. The van der Waals surface area contributed by atoms with Gasteiger partial charge < -0.3 is 14.9 Å². The van der Waals surface area contributed by atoms with Crippen LogP contribution in [0.1, 0.15) is 37.4 Å². The molecule has 0 aliphatic carbocycles. The van der Waals surface area contributed by atoms with E-state index in [0.29, 0.717) is 12.1 Å². The molecule has 14 heteroatoms. The van der Waals surface area contributed by atoms with E-state index in [0.717, 1.165) is 12.1 Å². The second-order valence-electron chi connectivity index (χ2n) is 7.29. The van der Waals surface area contributed by atoms with E-state index in [-0.39, 0.29) is 17.7 Å². The van der Waals surface area contributed by atoms with Crippen LogP contribution >= 0.6 is 0 Å². The lowest BCUT2D eigenvalue weighted by atomic mass is 9.93. The van der Waals surface area contributed by atoms with Crippen LogP contribution in [0.3, 0.4) is 0 Å². The summed E-state index contributed by atoms with van der Waals surface area (Å²) in [6.45, 7) is 0. The lowest BCUT2D eigenvalue weighted by molar-refractivity contribution is -0.162. The van der Waals surface area contributed by atoms with Gasteiger partial charge in [0.1, 0.15) is 22.6 Å². The number of aromatic carboxylic acids is 2. The van der Waals surface area contributed by atoms with E-state index >= 15 is 0 Å². The molecule has 0 bridgehead atoms. The molecular weight excluding hydrogens is 527 g/mol. The minimum atomic E-state index is -5.75. The van der Waals surface area contributed by atoms with Crippen molar-refractivity contribution in [2.75, 3.05) is 0 Å². The number of benzene rings is 3. The first-order chi connectivity index (χ1) is 16.9. The third-order valence-corrected chi connectivity index (χ3v) is 4.94. The minimum Gasteiger partial charge on any atom is -0.478 e. The normalized spacial score (nSPS) is 12.4. The summed E-state index contributed by atoms with van der Waals surface area (Å²) in [6, 6.07) is 7.39. The fourth-order valence-electron chi connectivity index (χ4n) is 3.56. The number of carbonyl (C=O) groups is 2. The van der Waals surface area contributed by atoms with Gasteiger partial charge in [-0.15, -0.1) is 0 Å². The van der Waals surface area contributed by atoms with Crippen LogP contribution in [0.2, 0.25) is 0 Å². The number of rotatable bonds is 5. The zero-order valence-electron chi connectivity index (χ0n) is 17.7. The second kappa shape index (κ2) is 9.33. The van der Waals surface area contributed by atoms with Crippen molar-refractivity contribution in [3.8, 4) is 22.6 Å². The molecule has 0 radical (unpaired) electrons. The number of halogens is 9. The molecular formula is C23H11F9O5. The highest BCUT2D eigenvalue weighted by atomic mass is 19.4. The molecule has 0 spiro atoms. The smallest absolute Gasteiger partial charge is 0.420 e.